The van der Waals surface area contributed by atoms with Crippen molar-refractivity contribution in [2.24, 2.45) is 0 Å². The average molecular weight is 243 g/mol. The van der Waals surface area contributed by atoms with E-state index in [9.17, 15) is 18.4 Å². The zero-order valence-corrected chi connectivity index (χ0v) is 9.13. The van der Waals surface area contributed by atoms with Crippen molar-refractivity contribution in [2.75, 3.05) is 7.11 Å². The number of hydrogen-bond acceptors (Lipinski definition) is 3. The molecule has 0 saturated heterocycles. The highest BCUT2D eigenvalue weighted by Crippen LogP contribution is 2.09. The summed E-state index contributed by atoms with van der Waals surface area (Å²) in [6, 6.07) is 2.93. The summed E-state index contributed by atoms with van der Waals surface area (Å²) < 4.78 is 30.2. The first-order valence-corrected chi connectivity index (χ1v) is 4.80. The van der Waals surface area contributed by atoms with Gasteiger partial charge in [-0.05, 0) is 18.2 Å². The molecule has 0 aliphatic carbocycles. The summed E-state index contributed by atoms with van der Waals surface area (Å²) in [6.45, 7) is -0.181. The van der Waals surface area contributed by atoms with Gasteiger partial charge in [0.25, 0.3) is 0 Å². The van der Waals surface area contributed by atoms with Crippen LogP contribution in [0.5, 0.6) is 0 Å². The van der Waals surface area contributed by atoms with E-state index < -0.39 is 29.9 Å². The van der Waals surface area contributed by atoms with Crippen LogP contribution in [0, 0.1) is 11.6 Å². The Labute approximate surface area is 96.6 Å². The van der Waals surface area contributed by atoms with Gasteiger partial charge >= 0.3 is 5.97 Å². The van der Waals surface area contributed by atoms with Crippen LogP contribution in [0.4, 0.5) is 8.78 Å². The molecule has 17 heavy (non-hydrogen) atoms. The van der Waals surface area contributed by atoms with Crippen molar-refractivity contribution in [3.05, 3.63) is 35.4 Å². The predicted octanol–water partition coefficient (Wildman–Crippen LogP) is 1.14. The minimum atomic E-state index is -0.692. The summed E-state index contributed by atoms with van der Waals surface area (Å²) in [6.07, 6.45) is -0.451. The Kier molecular flexibility index (Phi) is 4.56. The second-order valence-electron chi connectivity index (χ2n) is 3.27. The minimum absolute atomic E-state index is 0.0169. The van der Waals surface area contributed by atoms with Gasteiger partial charge in [-0.15, -0.1) is 0 Å². The van der Waals surface area contributed by atoms with Crippen LogP contribution in [-0.2, 0) is 20.9 Å². The Hall–Kier alpha value is -1.98. The number of carbonyl (C=O) groups is 2. The van der Waals surface area contributed by atoms with E-state index in [1.165, 1.54) is 0 Å². The molecule has 4 nitrogen and oxygen atoms in total. The third-order valence-corrected chi connectivity index (χ3v) is 2.02. The number of rotatable bonds is 4. The van der Waals surface area contributed by atoms with Gasteiger partial charge in [-0.3, -0.25) is 9.59 Å². The normalized spacial score (nSPS) is 9.82. The minimum Gasteiger partial charge on any atom is -0.469 e. The van der Waals surface area contributed by atoms with Gasteiger partial charge in [-0.1, -0.05) is 0 Å². The Balaban J connectivity index is 2.53. The summed E-state index contributed by atoms with van der Waals surface area (Å²) in [5, 5.41) is 2.29. The van der Waals surface area contributed by atoms with Gasteiger partial charge in [-0.2, -0.15) is 0 Å². The van der Waals surface area contributed by atoms with Crippen molar-refractivity contribution in [3.8, 4) is 0 Å². The lowest BCUT2D eigenvalue weighted by atomic mass is 10.2. The zero-order chi connectivity index (χ0) is 12.8. The summed E-state index contributed by atoms with van der Waals surface area (Å²) in [4.78, 5) is 21.9. The molecule has 1 N–H and O–H groups in total. The SMILES string of the molecule is COC(=O)CC(=O)NCc1cc(F)ccc1F. The predicted molar refractivity (Wildman–Crippen MR) is 54.8 cm³/mol. The molecule has 1 amide bonds. The maximum Gasteiger partial charge on any atom is 0.315 e. The van der Waals surface area contributed by atoms with Gasteiger partial charge in [0, 0.05) is 12.1 Å². The van der Waals surface area contributed by atoms with Crippen molar-refractivity contribution in [3.63, 3.8) is 0 Å². The zero-order valence-electron chi connectivity index (χ0n) is 9.13. The van der Waals surface area contributed by atoms with Gasteiger partial charge in [0.05, 0.1) is 7.11 Å². The van der Waals surface area contributed by atoms with E-state index in [0.717, 1.165) is 25.3 Å². The van der Waals surface area contributed by atoms with E-state index in [1.54, 1.807) is 0 Å². The molecule has 0 radical (unpaired) electrons. The number of esters is 1. The Morgan fingerprint density at radius 1 is 1.35 bits per heavy atom. The molecule has 6 heteroatoms. The van der Waals surface area contributed by atoms with Gasteiger partial charge in [0.15, 0.2) is 0 Å². The van der Waals surface area contributed by atoms with Crippen LogP contribution in [0.3, 0.4) is 0 Å². The molecule has 0 spiro atoms. The van der Waals surface area contributed by atoms with Crippen molar-refractivity contribution < 1.29 is 23.1 Å². The molecule has 0 aliphatic heterocycles. The largest absolute Gasteiger partial charge is 0.469 e. The summed E-state index contributed by atoms with van der Waals surface area (Å²) >= 11 is 0. The quantitative estimate of drug-likeness (QED) is 0.637. The third kappa shape index (κ3) is 4.18. The average Bonchev–Trinajstić information content (AvgIpc) is 2.30. The Bertz CT molecular complexity index is 435. The first-order chi connectivity index (χ1) is 8.02. The second-order valence-corrected chi connectivity index (χ2v) is 3.27. The van der Waals surface area contributed by atoms with Crippen LogP contribution in [-0.4, -0.2) is 19.0 Å². The first kappa shape index (κ1) is 13.1. The van der Waals surface area contributed by atoms with Crippen molar-refractivity contribution in [1.29, 1.82) is 0 Å². The fraction of sp³-hybridized carbons (Fsp3) is 0.273. The van der Waals surface area contributed by atoms with Crippen LogP contribution < -0.4 is 5.32 Å². The van der Waals surface area contributed by atoms with Crippen LogP contribution in [0.1, 0.15) is 12.0 Å². The fourth-order valence-corrected chi connectivity index (χ4v) is 1.14. The number of halogens is 2. The molecular weight excluding hydrogens is 232 g/mol. The van der Waals surface area contributed by atoms with Gasteiger partial charge in [-0.25, -0.2) is 8.78 Å². The number of amides is 1. The Morgan fingerprint density at radius 3 is 2.71 bits per heavy atom. The Morgan fingerprint density at radius 2 is 2.06 bits per heavy atom. The lowest BCUT2D eigenvalue weighted by Crippen LogP contribution is -2.26. The van der Waals surface area contributed by atoms with E-state index in [0.29, 0.717) is 0 Å². The second kappa shape index (κ2) is 5.93. The van der Waals surface area contributed by atoms with Gasteiger partial charge in [0.2, 0.25) is 5.91 Å². The van der Waals surface area contributed by atoms with E-state index in [1.807, 2.05) is 0 Å². The molecule has 0 fully saturated rings. The monoisotopic (exact) mass is 243 g/mol. The third-order valence-electron chi connectivity index (χ3n) is 2.02. The lowest BCUT2D eigenvalue weighted by Gasteiger charge is -2.05. The summed E-state index contributed by atoms with van der Waals surface area (Å²) in [5.74, 6) is -2.52. The lowest BCUT2D eigenvalue weighted by molar-refractivity contribution is -0.143. The molecule has 92 valence electrons. The molecule has 0 bridgehead atoms. The first-order valence-electron chi connectivity index (χ1n) is 4.80. The molecule has 1 aromatic rings. The molecule has 1 rings (SSSR count). The highest BCUT2D eigenvalue weighted by atomic mass is 19.1. The van der Waals surface area contributed by atoms with E-state index >= 15 is 0 Å². The van der Waals surface area contributed by atoms with Crippen LogP contribution in [0.25, 0.3) is 0 Å². The summed E-state index contributed by atoms with van der Waals surface area (Å²) in [5.41, 5.74) is 0.0169. The van der Waals surface area contributed by atoms with Crippen LogP contribution in [0.2, 0.25) is 0 Å². The smallest absolute Gasteiger partial charge is 0.315 e. The maximum absolute atomic E-state index is 13.1. The number of ether oxygens (including phenoxy) is 1. The molecule has 0 unspecified atom stereocenters. The summed E-state index contributed by atoms with van der Waals surface area (Å²) in [7, 11) is 1.15. The number of hydrogen-bond donors (Lipinski definition) is 1. The number of methoxy groups -OCH3 is 1. The van der Waals surface area contributed by atoms with Gasteiger partial charge in [0.1, 0.15) is 18.1 Å². The van der Waals surface area contributed by atoms with Crippen LogP contribution in [0.15, 0.2) is 18.2 Å². The van der Waals surface area contributed by atoms with Crippen LogP contribution >= 0.6 is 0 Å². The molecule has 0 heterocycles. The molecular formula is C11H11F2NO3. The molecule has 0 aromatic heterocycles. The number of carbonyl (C=O) groups excluding carboxylic acids is 2. The van der Waals surface area contributed by atoms with Gasteiger partial charge < -0.3 is 10.1 Å². The van der Waals surface area contributed by atoms with Crippen molar-refractivity contribution >= 4 is 11.9 Å². The highest BCUT2D eigenvalue weighted by Gasteiger charge is 2.10. The topological polar surface area (TPSA) is 55.4 Å². The molecule has 0 atom stereocenters. The number of nitrogens with one attached hydrogen (secondary N) is 1. The molecule has 0 aliphatic rings. The van der Waals surface area contributed by atoms with E-state index in [4.69, 9.17) is 0 Å². The fourth-order valence-electron chi connectivity index (χ4n) is 1.14. The standard InChI is InChI=1S/C11H11F2NO3/c1-17-11(16)5-10(15)14-6-7-4-8(12)2-3-9(7)13/h2-4H,5-6H2,1H3,(H,14,15). The van der Waals surface area contributed by atoms with Crippen molar-refractivity contribution in [2.45, 2.75) is 13.0 Å². The highest BCUT2D eigenvalue weighted by molar-refractivity contribution is 5.94. The number of benzene rings is 1. The van der Waals surface area contributed by atoms with E-state index in [-0.39, 0.29) is 12.1 Å². The van der Waals surface area contributed by atoms with Crippen molar-refractivity contribution in [1.82, 2.24) is 5.32 Å². The molecule has 0 saturated carbocycles. The molecule has 1 aromatic carbocycles. The van der Waals surface area contributed by atoms with E-state index in [2.05, 4.69) is 10.1 Å². The maximum atomic E-state index is 13.1.